The molecular weight excluding hydrogens is 258 g/mol. The summed E-state index contributed by atoms with van der Waals surface area (Å²) in [6.45, 7) is 3.33. The number of methoxy groups -OCH3 is 3. The van der Waals surface area contributed by atoms with Gasteiger partial charge in [-0.2, -0.15) is 0 Å². The number of nitrogens with zero attached hydrogens (tertiary/aromatic N) is 1. The lowest BCUT2D eigenvalue weighted by Crippen LogP contribution is -2.28. The van der Waals surface area contributed by atoms with Crippen molar-refractivity contribution in [1.29, 1.82) is 0 Å². The van der Waals surface area contributed by atoms with Crippen molar-refractivity contribution >= 4 is 11.4 Å². The number of nitrogens with two attached hydrogens (primary N) is 1. The maximum atomic E-state index is 5.99. The second-order valence-electron chi connectivity index (χ2n) is 4.52. The van der Waals surface area contributed by atoms with E-state index in [1.54, 1.807) is 27.4 Å². The largest absolute Gasteiger partial charge is 0.493 e. The molecule has 20 heavy (non-hydrogen) atoms. The minimum atomic E-state index is 0.632. The van der Waals surface area contributed by atoms with E-state index in [4.69, 9.17) is 19.9 Å². The molecule has 0 atom stereocenters. The van der Waals surface area contributed by atoms with E-state index in [0.29, 0.717) is 17.2 Å². The Bertz CT molecular complexity index is 413. The van der Waals surface area contributed by atoms with E-state index in [2.05, 4.69) is 17.3 Å². The smallest absolute Gasteiger partial charge is 0.162 e. The predicted octanol–water partition coefficient (Wildman–Crippen LogP) is 1.28. The van der Waals surface area contributed by atoms with Crippen molar-refractivity contribution in [2.75, 3.05) is 65.7 Å². The molecule has 0 aliphatic rings. The molecule has 0 spiro atoms. The highest BCUT2D eigenvalue weighted by atomic mass is 16.5. The van der Waals surface area contributed by atoms with Crippen LogP contribution in [0, 0.1) is 0 Å². The Morgan fingerprint density at radius 1 is 1.10 bits per heavy atom. The van der Waals surface area contributed by atoms with Crippen LogP contribution in [0.4, 0.5) is 11.4 Å². The molecule has 0 saturated carbocycles. The fraction of sp³-hybridized carbons (Fsp3) is 0.571. The van der Waals surface area contributed by atoms with E-state index >= 15 is 0 Å². The van der Waals surface area contributed by atoms with Gasteiger partial charge in [0, 0.05) is 38.9 Å². The summed E-state index contributed by atoms with van der Waals surface area (Å²) in [5.41, 5.74) is 7.48. The van der Waals surface area contributed by atoms with Crippen LogP contribution < -0.4 is 20.5 Å². The van der Waals surface area contributed by atoms with E-state index in [1.807, 2.05) is 6.07 Å². The molecule has 0 heterocycles. The zero-order chi connectivity index (χ0) is 15.0. The molecule has 0 unspecified atom stereocenters. The summed E-state index contributed by atoms with van der Waals surface area (Å²) in [5, 5.41) is 3.30. The number of rotatable bonds is 9. The molecule has 0 saturated heterocycles. The molecule has 0 fully saturated rings. The average molecular weight is 283 g/mol. The van der Waals surface area contributed by atoms with Gasteiger partial charge >= 0.3 is 0 Å². The fourth-order valence-corrected chi connectivity index (χ4v) is 1.79. The van der Waals surface area contributed by atoms with Gasteiger partial charge in [0.1, 0.15) is 0 Å². The summed E-state index contributed by atoms with van der Waals surface area (Å²) in [6.07, 6.45) is 0. The first kappa shape index (κ1) is 16.4. The number of hydrogen-bond acceptors (Lipinski definition) is 6. The van der Waals surface area contributed by atoms with Crippen LogP contribution in [0.1, 0.15) is 0 Å². The van der Waals surface area contributed by atoms with E-state index < -0.39 is 0 Å². The second-order valence-corrected chi connectivity index (χ2v) is 4.52. The van der Waals surface area contributed by atoms with Crippen molar-refractivity contribution in [2.24, 2.45) is 0 Å². The fourth-order valence-electron chi connectivity index (χ4n) is 1.79. The quantitative estimate of drug-likeness (QED) is 0.665. The summed E-state index contributed by atoms with van der Waals surface area (Å²) < 4.78 is 15.5. The molecule has 0 aliphatic carbocycles. The van der Waals surface area contributed by atoms with Gasteiger partial charge in [-0.05, 0) is 7.05 Å². The third-order valence-electron chi connectivity index (χ3n) is 3.04. The van der Waals surface area contributed by atoms with E-state index in [0.717, 1.165) is 31.9 Å². The Morgan fingerprint density at radius 2 is 1.75 bits per heavy atom. The zero-order valence-corrected chi connectivity index (χ0v) is 12.7. The highest BCUT2D eigenvalue weighted by Crippen LogP contribution is 2.34. The number of hydrogen-bond donors (Lipinski definition) is 2. The molecule has 0 bridgehead atoms. The van der Waals surface area contributed by atoms with Crippen LogP contribution in [0.2, 0.25) is 0 Å². The molecule has 0 radical (unpaired) electrons. The average Bonchev–Trinajstić information content (AvgIpc) is 2.46. The van der Waals surface area contributed by atoms with Crippen LogP contribution >= 0.6 is 0 Å². The highest BCUT2D eigenvalue weighted by Gasteiger charge is 2.09. The Balaban J connectivity index is 2.55. The van der Waals surface area contributed by atoms with Gasteiger partial charge in [0.25, 0.3) is 0 Å². The molecule has 1 aromatic carbocycles. The molecule has 0 aliphatic heterocycles. The third kappa shape index (κ3) is 4.79. The number of nitrogens with one attached hydrogen (secondary N) is 1. The van der Waals surface area contributed by atoms with Crippen molar-refractivity contribution in [1.82, 2.24) is 4.90 Å². The Labute approximate surface area is 120 Å². The maximum absolute atomic E-state index is 5.99. The van der Waals surface area contributed by atoms with Gasteiger partial charge in [-0.1, -0.05) is 0 Å². The second kappa shape index (κ2) is 8.50. The zero-order valence-electron chi connectivity index (χ0n) is 12.7. The number of likely N-dealkylation sites (N-methyl/N-ethyl adjacent to an activating group) is 1. The summed E-state index contributed by atoms with van der Waals surface area (Å²) in [4.78, 5) is 2.19. The normalized spacial score (nSPS) is 10.7. The monoisotopic (exact) mass is 283 g/mol. The van der Waals surface area contributed by atoms with Crippen molar-refractivity contribution in [2.45, 2.75) is 0 Å². The van der Waals surface area contributed by atoms with Crippen molar-refractivity contribution in [3.05, 3.63) is 12.1 Å². The van der Waals surface area contributed by atoms with Crippen LogP contribution in [0.3, 0.4) is 0 Å². The minimum Gasteiger partial charge on any atom is -0.493 e. The van der Waals surface area contributed by atoms with Gasteiger partial charge in [-0.3, -0.25) is 0 Å². The molecule has 6 heteroatoms. The lowest BCUT2D eigenvalue weighted by atomic mass is 10.2. The van der Waals surface area contributed by atoms with Crippen molar-refractivity contribution in [3.8, 4) is 11.5 Å². The van der Waals surface area contributed by atoms with Gasteiger partial charge in [0.2, 0.25) is 0 Å². The lowest BCUT2D eigenvalue weighted by molar-refractivity contribution is 0.163. The summed E-state index contributed by atoms with van der Waals surface area (Å²) in [7, 11) is 6.96. The third-order valence-corrected chi connectivity index (χ3v) is 3.04. The molecular formula is C14H25N3O3. The van der Waals surface area contributed by atoms with E-state index in [-0.39, 0.29) is 0 Å². The molecule has 0 amide bonds. The first-order chi connectivity index (χ1) is 9.62. The van der Waals surface area contributed by atoms with Gasteiger partial charge in [0.05, 0.1) is 32.2 Å². The number of nitrogen functional groups attached to an aromatic ring is 1. The number of benzene rings is 1. The van der Waals surface area contributed by atoms with Crippen LogP contribution in [-0.4, -0.2) is 59.5 Å². The standard InChI is InChI=1S/C14H25N3O3/c1-17(7-8-18-2)6-5-16-12-10-14(20-4)13(19-3)9-11(12)15/h9-10,16H,5-8,15H2,1-4H3. The lowest BCUT2D eigenvalue weighted by Gasteiger charge is -2.18. The van der Waals surface area contributed by atoms with E-state index in [9.17, 15) is 0 Å². The van der Waals surface area contributed by atoms with Crippen LogP contribution in [0.5, 0.6) is 11.5 Å². The maximum Gasteiger partial charge on any atom is 0.162 e. The van der Waals surface area contributed by atoms with Crippen molar-refractivity contribution < 1.29 is 14.2 Å². The first-order valence-electron chi connectivity index (χ1n) is 6.55. The predicted molar refractivity (Wildman–Crippen MR) is 81.8 cm³/mol. The molecule has 3 N–H and O–H groups in total. The first-order valence-corrected chi connectivity index (χ1v) is 6.55. The summed E-state index contributed by atoms with van der Waals surface area (Å²) in [6, 6.07) is 3.61. The van der Waals surface area contributed by atoms with Crippen LogP contribution in [0.25, 0.3) is 0 Å². The summed E-state index contributed by atoms with van der Waals surface area (Å²) in [5.74, 6) is 1.30. The SMILES string of the molecule is COCCN(C)CCNc1cc(OC)c(OC)cc1N. The van der Waals surface area contributed by atoms with Crippen LogP contribution in [-0.2, 0) is 4.74 Å². The van der Waals surface area contributed by atoms with Gasteiger partial charge < -0.3 is 30.2 Å². The van der Waals surface area contributed by atoms with Gasteiger partial charge in [-0.15, -0.1) is 0 Å². The Kier molecular flexibility index (Phi) is 6.97. The highest BCUT2D eigenvalue weighted by molar-refractivity contribution is 5.72. The Morgan fingerprint density at radius 3 is 2.35 bits per heavy atom. The number of anilines is 2. The van der Waals surface area contributed by atoms with Crippen molar-refractivity contribution in [3.63, 3.8) is 0 Å². The molecule has 0 aromatic heterocycles. The summed E-state index contributed by atoms with van der Waals surface area (Å²) >= 11 is 0. The van der Waals surface area contributed by atoms with Gasteiger partial charge in [0.15, 0.2) is 11.5 Å². The topological polar surface area (TPSA) is 69.0 Å². The van der Waals surface area contributed by atoms with Gasteiger partial charge in [-0.25, -0.2) is 0 Å². The van der Waals surface area contributed by atoms with E-state index in [1.165, 1.54) is 0 Å². The molecule has 114 valence electrons. The molecule has 1 rings (SSSR count). The van der Waals surface area contributed by atoms with Crippen LogP contribution in [0.15, 0.2) is 12.1 Å². The Hall–Kier alpha value is -1.66. The minimum absolute atomic E-state index is 0.632. The number of ether oxygens (including phenoxy) is 3. The molecule has 1 aromatic rings. The molecule has 6 nitrogen and oxygen atoms in total.